The zero-order chi connectivity index (χ0) is 43.3. The summed E-state index contributed by atoms with van der Waals surface area (Å²) in [4.78, 5) is 4.68. The maximum Gasteiger partial charge on any atom is 0.119 e. The van der Waals surface area contributed by atoms with Gasteiger partial charge in [-0.15, -0.1) is 0 Å². The molecule has 4 nitrogen and oxygen atoms in total. The van der Waals surface area contributed by atoms with Gasteiger partial charge in [-0.05, 0) is 148 Å². The Morgan fingerprint density at radius 2 is 0.710 bits per heavy atom. The smallest absolute Gasteiger partial charge is 0.119 e. The highest BCUT2D eigenvalue weighted by Gasteiger charge is 2.46. The molecule has 4 heteroatoms. The van der Waals surface area contributed by atoms with Crippen LogP contribution in [-0.4, -0.2) is 14.2 Å². The Morgan fingerprint density at radius 3 is 1.11 bits per heavy atom. The van der Waals surface area contributed by atoms with Crippen LogP contribution in [0, 0.1) is 0 Å². The lowest BCUT2D eigenvalue weighted by atomic mass is 9.75. The standard InChI is InChI=1S/C56H50N2O2.C2H6/c1-55(2)39-56(3,44-20-26-47(27-21-44)57(48-28-33-51(59-4)34-29-48)45-22-16-42(17-23-45)40-12-8-6-9-13-40)54-38-50(32-37-53(54)55)58(49-30-35-52(60-5)36-31-49)46-24-18-43(19-25-46)41-14-10-7-11-15-41;1-2/h6-38H,39H2,1-5H3;1-2H3. The molecule has 8 aromatic rings. The predicted molar refractivity (Wildman–Crippen MR) is 262 cm³/mol. The van der Waals surface area contributed by atoms with Crippen LogP contribution in [0.15, 0.2) is 200 Å². The lowest BCUT2D eigenvalue weighted by molar-refractivity contribution is 0.414. The molecule has 310 valence electrons. The van der Waals surface area contributed by atoms with Gasteiger partial charge in [-0.1, -0.05) is 138 Å². The Kier molecular flexibility index (Phi) is 12.0. The number of fused-ring (bicyclic) bond motifs is 1. The summed E-state index contributed by atoms with van der Waals surface area (Å²) in [6, 6.07) is 71.8. The van der Waals surface area contributed by atoms with Gasteiger partial charge in [-0.25, -0.2) is 0 Å². The van der Waals surface area contributed by atoms with Crippen LogP contribution in [0.4, 0.5) is 34.1 Å². The van der Waals surface area contributed by atoms with E-state index in [1.807, 2.05) is 38.1 Å². The average Bonchev–Trinajstić information content (AvgIpc) is 3.55. The van der Waals surface area contributed by atoms with E-state index in [1.54, 1.807) is 14.2 Å². The van der Waals surface area contributed by atoms with E-state index < -0.39 is 0 Å². The van der Waals surface area contributed by atoms with Gasteiger partial charge >= 0.3 is 0 Å². The normalized spacial score (nSPS) is 14.8. The van der Waals surface area contributed by atoms with Gasteiger partial charge in [-0.3, -0.25) is 0 Å². The maximum atomic E-state index is 5.56. The molecule has 0 aliphatic heterocycles. The summed E-state index contributed by atoms with van der Waals surface area (Å²) in [5.41, 5.74) is 15.1. The number of benzene rings is 8. The molecule has 0 amide bonds. The van der Waals surface area contributed by atoms with Gasteiger partial charge in [0.25, 0.3) is 0 Å². The Balaban J connectivity index is 0.00000261. The fourth-order valence-electron chi connectivity index (χ4n) is 9.25. The molecule has 0 saturated carbocycles. The zero-order valence-electron chi connectivity index (χ0n) is 37.0. The Hall–Kier alpha value is -7.04. The minimum absolute atomic E-state index is 0.0147. The zero-order valence-corrected chi connectivity index (χ0v) is 37.0. The lowest BCUT2D eigenvalue weighted by Crippen LogP contribution is -2.23. The Labute approximate surface area is 368 Å². The summed E-state index contributed by atoms with van der Waals surface area (Å²) in [6.45, 7) is 11.2. The van der Waals surface area contributed by atoms with E-state index in [9.17, 15) is 0 Å². The number of anilines is 6. The first kappa shape index (κ1) is 41.7. The number of rotatable bonds is 11. The molecule has 8 aromatic carbocycles. The van der Waals surface area contributed by atoms with Gasteiger partial charge in [-0.2, -0.15) is 0 Å². The topological polar surface area (TPSA) is 24.9 Å². The Bertz CT molecular complexity index is 2690. The molecule has 0 bridgehead atoms. The molecular formula is C58H56N2O2. The summed E-state index contributed by atoms with van der Waals surface area (Å²) >= 11 is 0. The quantitative estimate of drug-likeness (QED) is 0.130. The number of nitrogens with zero attached hydrogens (tertiary/aromatic N) is 2. The molecule has 1 aliphatic rings. The molecule has 0 N–H and O–H groups in total. The second kappa shape index (κ2) is 17.9. The van der Waals surface area contributed by atoms with Crippen molar-refractivity contribution in [2.24, 2.45) is 0 Å². The van der Waals surface area contributed by atoms with E-state index in [2.05, 4.69) is 206 Å². The first-order valence-electron chi connectivity index (χ1n) is 21.7. The molecule has 9 rings (SSSR count). The number of methoxy groups -OCH3 is 2. The van der Waals surface area contributed by atoms with Crippen molar-refractivity contribution in [3.05, 3.63) is 217 Å². The van der Waals surface area contributed by atoms with Crippen LogP contribution in [0.1, 0.15) is 57.7 Å². The van der Waals surface area contributed by atoms with Crippen molar-refractivity contribution in [1.82, 2.24) is 0 Å². The van der Waals surface area contributed by atoms with Crippen molar-refractivity contribution >= 4 is 34.1 Å². The third-order valence-corrected chi connectivity index (χ3v) is 12.3. The summed E-state index contributed by atoms with van der Waals surface area (Å²) in [6.07, 6.45) is 0.996. The monoisotopic (exact) mass is 812 g/mol. The molecule has 0 radical (unpaired) electrons. The van der Waals surface area contributed by atoms with E-state index in [0.717, 1.165) is 52.0 Å². The SMILES string of the molecule is CC.COc1ccc(N(c2ccc(-c3ccccc3)cc2)c2ccc(C3(C)CC(C)(C)c4ccc(N(c5ccc(OC)cc5)c5ccc(-c6ccccc6)cc5)cc43)cc2)cc1. The van der Waals surface area contributed by atoms with Crippen molar-refractivity contribution in [2.45, 2.75) is 51.9 Å². The lowest BCUT2D eigenvalue weighted by Gasteiger charge is -2.31. The van der Waals surface area contributed by atoms with Gasteiger partial charge in [0.2, 0.25) is 0 Å². The second-order valence-electron chi connectivity index (χ2n) is 16.6. The van der Waals surface area contributed by atoms with Crippen LogP contribution in [0.3, 0.4) is 0 Å². The summed E-state index contributed by atoms with van der Waals surface area (Å²) in [5, 5.41) is 0. The van der Waals surface area contributed by atoms with Crippen LogP contribution in [0.25, 0.3) is 22.3 Å². The van der Waals surface area contributed by atoms with E-state index in [4.69, 9.17) is 9.47 Å². The van der Waals surface area contributed by atoms with Crippen LogP contribution in [0.5, 0.6) is 11.5 Å². The minimum atomic E-state index is -0.224. The largest absolute Gasteiger partial charge is 0.497 e. The van der Waals surface area contributed by atoms with Crippen molar-refractivity contribution in [3.63, 3.8) is 0 Å². The average molecular weight is 813 g/mol. The van der Waals surface area contributed by atoms with Crippen LogP contribution in [0.2, 0.25) is 0 Å². The van der Waals surface area contributed by atoms with Gasteiger partial charge in [0.1, 0.15) is 11.5 Å². The predicted octanol–water partition coefficient (Wildman–Crippen LogP) is 16.0. The van der Waals surface area contributed by atoms with E-state index in [0.29, 0.717) is 0 Å². The first-order chi connectivity index (χ1) is 30.2. The summed E-state index contributed by atoms with van der Waals surface area (Å²) in [7, 11) is 3.42. The molecule has 1 unspecified atom stereocenters. The first-order valence-corrected chi connectivity index (χ1v) is 21.7. The van der Waals surface area contributed by atoms with Gasteiger partial charge in [0, 0.05) is 39.5 Å². The van der Waals surface area contributed by atoms with Crippen LogP contribution >= 0.6 is 0 Å². The van der Waals surface area contributed by atoms with Gasteiger partial charge in [0.15, 0.2) is 0 Å². The summed E-state index contributed by atoms with van der Waals surface area (Å²) < 4.78 is 11.1. The molecule has 1 atom stereocenters. The second-order valence-corrected chi connectivity index (χ2v) is 16.6. The molecule has 0 heterocycles. The maximum absolute atomic E-state index is 5.56. The summed E-state index contributed by atoms with van der Waals surface area (Å²) in [5.74, 6) is 1.66. The van der Waals surface area contributed by atoms with Crippen molar-refractivity contribution < 1.29 is 9.47 Å². The third-order valence-electron chi connectivity index (χ3n) is 12.3. The highest BCUT2D eigenvalue weighted by atomic mass is 16.5. The van der Waals surface area contributed by atoms with Crippen molar-refractivity contribution in [2.75, 3.05) is 24.0 Å². The molecule has 0 fully saturated rings. The number of hydrogen-bond acceptors (Lipinski definition) is 4. The van der Waals surface area contributed by atoms with Gasteiger partial charge in [0.05, 0.1) is 14.2 Å². The fourth-order valence-corrected chi connectivity index (χ4v) is 9.25. The van der Waals surface area contributed by atoms with Crippen molar-refractivity contribution in [1.29, 1.82) is 0 Å². The Morgan fingerprint density at radius 1 is 0.371 bits per heavy atom. The van der Waals surface area contributed by atoms with E-state index in [-0.39, 0.29) is 10.8 Å². The highest BCUT2D eigenvalue weighted by molar-refractivity contribution is 5.81. The molecular weight excluding hydrogens is 757 g/mol. The van der Waals surface area contributed by atoms with E-state index in [1.165, 1.54) is 38.9 Å². The molecule has 0 spiro atoms. The third kappa shape index (κ3) is 8.21. The minimum Gasteiger partial charge on any atom is -0.497 e. The fraction of sp³-hybridized carbons (Fsp3) is 0.172. The molecule has 1 aliphatic carbocycles. The molecule has 0 saturated heterocycles. The van der Waals surface area contributed by atoms with Crippen LogP contribution in [-0.2, 0) is 10.8 Å². The van der Waals surface area contributed by atoms with Crippen LogP contribution < -0.4 is 19.3 Å². The van der Waals surface area contributed by atoms with Gasteiger partial charge < -0.3 is 19.3 Å². The van der Waals surface area contributed by atoms with Crippen molar-refractivity contribution in [3.8, 4) is 33.8 Å². The molecule has 0 aromatic heterocycles. The highest BCUT2D eigenvalue weighted by Crippen LogP contribution is 2.54. The van der Waals surface area contributed by atoms with E-state index >= 15 is 0 Å². The number of hydrogen-bond donors (Lipinski definition) is 0. The molecule has 62 heavy (non-hydrogen) atoms. The number of ether oxygens (including phenoxy) is 2.